The van der Waals surface area contributed by atoms with Crippen LogP contribution in [0.5, 0.6) is 0 Å². The van der Waals surface area contributed by atoms with Crippen LogP contribution in [0.3, 0.4) is 0 Å². The van der Waals surface area contributed by atoms with Gasteiger partial charge in [-0.3, -0.25) is 4.79 Å². The monoisotopic (exact) mass is 262 g/mol. The standard InChI is InChI=1S/C15H22N2O2/c1-17(10-11-4-2-3-5-11)15(18)9-13-8-14(16-19-13)12-6-7-12/h8,11-12H,2-7,9-10H2,1H3. The van der Waals surface area contributed by atoms with E-state index in [9.17, 15) is 4.79 Å². The van der Waals surface area contributed by atoms with Crippen molar-refractivity contribution < 1.29 is 9.32 Å². The molecule has 0 bridgehead atoms. The summed E-state index contributed by atoms with van der Waals surface area (Å²) in [5, 5.41) is 4.05. The summed E-state index contributed by atoms with van der Waals surface area (Å²) < 4.78 is 5.26. The first-order valence-corrected chi connectivity index (χ1v) is 7.42. The molecular formula is C15H22N2O2. The van der Waals surface area contributed by atoms with Crippen molar-refractivity contribution in [3.05, 3.63) is 17.5 Å². The highest BCUT2D eigenvalue weighted by Crippen LogP contribution is 2.39. The molecule has 104 valence electrons. The molecule has 0 N–H and O–H groups in total. The molecule has 1 aromatic rings. The van der Waals surface area contributed by atoms with Gasteiger partial charge >= 0.3 is 0 Å². The smallest absolute Gasteiger partial charge is 0.230 e. The lowest BCUT2D eigenvalue weighted by Crippen LogP contribution is -2.32. The van der Waals surface area contributed by atoms with Gasteiger partial charge in [0.15, 0.2) is 0 Å². The van der Waals surface area contributed by atoms with E-state index in [1.54, 1.807) is 0 Å². The van der Waals surface area contributed by atoms with Crippen LogP contribution < -0.4 is 0 Å². The molecule has 0 saturated heterocycles. The first-order chi connectivity index (χ1) is 9.22. The number of nitrogens with zero attached hydrogens (tertiary/aromatic N) is 2. The van der Waals surface area contributed by atoms with Gasteiger partial charge in [-0.25, -0.2) is 0 Å². The fraction of sp³-hybridized carbons (Fsp3) is 0.733. The van der Waals surface area contributed by atoms with E-state index in [0.717, 1.165) is 12.2 Å². The Bertz CT molecular complexity index is 445. The second-order valence-electron chi connectivity index (χ2n) is 6.09. The molecule has 1 heterocycles. The predicted octanol–water partition coefficient (Wildman–Crippen LogP) is 2.74. The molecule has 19 heavy (non-hydrogen) atoms. The van der Waals surface area contributed by atoms with Gasteiger partial charge in [-0.1, -0.05) is 18.0 Å². The molecule has 2 aliphatic carbocycles. The van der Waals surface area contributed by atoms with Crippen molar-refractivity contribution in [1.29, 1.82) is 0 Å². The minimum absolute atomic E-state index is 0.144. The molecule has 1 aromatic heterocycles. The lowest BCUT2D eigenvalue weighted by molar-refractivity contribution is -0.130. The Morgan fingerprint density at radius 2 is 2.11 bits per heavy atom. The SMILES string of the molecule is CN(CC1CCCC1)C(=O)Cc1cc(C2CC2)no1. The molecule has 4 nitrogen and oxygen atoms in total. The number of amides is 1. The van der Waals surface area contributed by atoms with Crippen molar-refractivity contribution in [1.82, 2.24) is 10.1 Å². The largest absolute Gasteiger partial charge is 0.361 e. The van der Waals surface area contributed by atoms with Gasteiger partial charge in [-0.05, 0) is 31.6 Å². The molecule has 4 heteroatoms. The summed E-state index contributed by atoms with van der Waals surface area (Å²) in [6.45, 7) is 0.891. The number of likely N-dealkylation sites (N-methyl/N-ethyl adjacent to an activating group) is 1. The maximum atomic E-state index is 12.1. The van der Waals surface area contributed by atoms with Crippen LogP contribution >= 0.6 is 0 Å². The van der Waals surface area contributed by atoms with E-state index in [1.807, 2.05) is 18.0 Å². The van der Waals surface area contributed by atoms with Crippen LogP contribution in [0, 0.1) is 5.92 Å². The van der Waals surface area contributed by atoms with Crippen molar-refractivity contribution in [3.8, 4) is 0 Å². The molecule has 2 fully saturated rings. The van der Waals surface area contributed by atoms with E-state index in [1.165, 1.54) is 38.5 Å². The van der Waals surface area contributed by atoms with Crippen LogP contribution in [-0.2, 0) is 11.2 Å². The van der Waals surface area contributed by atoms with Gasteiger partial charge in [-0.2, -0.15) is 0 Å². The summed E-state index contributed by atoms with van der Waals surface area (Å²) >= 11 is 0. The Morgan fingerprint density at radius 1 is 1.37 bits per heavy atom. The number of hydrogen-bond acceptors (Lipinski definition) is 3. The first-order valence-electron chi connectivity index (χ1n) is 7.42. The predicted molar refractivity (Wildman–Crippen MR) is 71.8 cm³/mol. The third-order valence-electron chi connectivity index (χ3n) is 4.33. The lowest BCUT2D eigenvalue weighted by atomic mass is 10.1. The fourth-order valence-corrected chi connectivity index (χ4v) is 2.95. The van der Waals surface area contributed by atoms with Crippen molar-refractivity contribution in [2.24, 2.45) is 5.92 Å². The van der Waals surface area contributed by atoms with Gasteiger partial charge < -0.3 is 9.42 Å². The van der Waals surface area contributed by atoms with Crippen LogP contribution in [0.4, 0.5) is 0 Å². The molecule has 0 radical (unpaired) electrons. The number of aromatic nitrogens is 1. The topological polar surface area (TPSA) is 46.3 Å². The third-order valence-corrected chi connectivity index (χ3v) is 4.33. The second kappa shape index (κ2) is 5.35. The van der Waals surface area contributed by atoms with Crippen molar-refractivity contribution in [2.45, 2.75) is 50.9 Å². The van der Waals surface area contributed by atoms with Gasteiger partial charge in [0.1, 0.15) is 5.76 Å². The Kier molecular flexibility index (Phi) is 3.58. The van der Waals surface area contributed by atoms with Gasteiger partial charge in [0.25, 0.3) is 0 Å². The number of hydrogen-bond donors (Lipinski definition) is 0. The minimum Gasteiger partial charge on any atom is -0.361 e. The zero-order chi connectivity index (χ0) is 13.2. The molecule has 1 amide bonds. The molecule has 3 rings (SSSR count). The molecule has 0 spiro atoms. The average molecular weight is 262 g/mol. The highest BCUT2D eigenvalue weighted by molar-refractivity contribution is 5.77. The number of rotatable bonds is 5. The summed E-state index contributed by atoms with van der Waals surface area (Å²) in [7, 11) is 1.90. The normalized spacial score (nSPS) is 19.8. The van der Waals surface area contributed by atoms with Gasteiger partial charge in [-0.15, -0.1) is 0 Å². The molecular weight excluding hydrogens is 240 g/mol. The van der Waals surface area contributed by atoms with Gasteiger partial charge in [0, 0.05) is 25.6 Å². The van der Waals surface area contributed by atoms with Crippen LogP contribution in [0.1, 0.15) is 55.9 Å². The fourth-order valence-electron chi connectivity index (χ4n) is 2.95. The Hall–Kier alpha value is -1.32. The summed E-state index contributed by atoms with van der Waals surface area (Å²) in [6.07, 6.45) is 7.95. The van der Waals surface area contributed by atoms with Crippen LogP contribution in [0.25, 0.3) is 0 Å². The van der Waals surface area contributed by atoms with Crippen LogP contribution in [0.15, 0.2) is 10.6 Å². The van der Waals surface area contributed by atoms with Gasteiger partial charge in [0.2, 0.25) is 5.91 Å². The zero-order valence-corrected chi connectivity index (χ0v) is 11.6. The number of carbonyl (C=O) groups is 1. The van der Waals surface area contributed by atoms with E-state index in [2.05, 4.69) is 5.16 Å². The first kappa shape index (κ1) is 12.7. The summed E-state index contributed by atoms with van der Waals surface area (Å²) in [5.74, 6) is 2.14. The highest BCUT2D eigenvalue weighted by atomic mass is 16.5. The highest BCUT2D eigenvalue weighted by Gasteiger charge is 2.27. The molecule has 0 aliphatic heterocycles. The summed E-state index contributed by atoms with van der Waals surface area (Å²) in [5.41, 5.74) is 1.03. The Morgan fingerprint density at radius 3 is 2.79 bits per heavy atom. The maximum absolute atomic E-state index is 12.1. The quantitative estimate of drug-likeness (QED) is 0.819. The summed E-state index contributed by atoms with van der Waals surface area (Å²) in [4.78, 5) is 14.0. The van der Waals surface area contributed by atoms with Crippen molar-refractivity contribution in [3.63, 3.8) is 0 Å². The molecule has 2 saturated carbocycles. The second-order valence-corrected chi connectivity index (χ2v) is 6.09. The molecule has 0 atom stereocenters. The van der Waals surface area contributed by atoms with E-state index in [0.29, 0.717) is 24.0 Å². The minimum atomic E-state index is 0.144. The summed E-state index contributed by atoms with van der Waals surface area (Å²) in [6, 6.07) is 1.96. The maximum Gasteiger partial charge on any atom is 0.230 e. The van der Waals surface area contributed by atoms with Crippen molar-refractivity contribution >= 4 is 5.91 Å². The lowest BCUT2D eigenvalue weighted by Gasteiger charge is -2.20. The van der Waals surface area contributed by atoms with E-state index >= 15 is 0 Å². The Balaban J connectivity index is 1.50. The van der Waals surface area contributed by atoms with E-state index in [4.69, 9.17) is 4.52 Å². The average Bonchev–Trinajstić information content (AvgIpc) is 2.92. The third kappa shape index (κ3) is 3.17. The molecule has 2 aliphatic rings. The number of carbonyl (C=O) groups excluding carboxylic acids is 1. The van der Waals surface area contributed by atoms with Crippen LogP contribution in [0.2, 0.25) is 0 Å². The molecule has 0 unspecified atom stereocenters. The van der Waals surface area contributed by atoms with Gasteiger partial charge in [0.05, 0.1) is 12.1 Å². The zero-order valence-electron chi connectivity index (χ0n) is 11.6. The Labute approximate surface area is 114 Å². The van der Waals surface area contributed by atoms with Crippen LogP contribution in [-0.4, -0.2) is 29.6 Å². The van der Waals surface area contributed by atoms with Crippen molar-refractivity contribution in [2.75, 3.05) is 13.6 Å². The molecule has 0 aromatic carbocycles. The van der Waals surface area contributed by atoms with E-state index in [-0.39, 0.29) is 5.91 Å². The van der Waals surface area contributed by atoms with E-state index < -0.39 is 0 Å².